The van der Waals surface area contributed by atoms with Crippen LogP contribution in [-0.2, 0) is 28.2 Å². The van der Waals surface area contributed by atoms with E-state index in [0.29, 0.717) is 19.3 Å². The van der Waals surface area contributed by atoms with Gasteiger partial charge in [0.15, 0.2) is 6.10 Å². The molecule has 302 valence electrons. The lowest BCUT2D eigenvalue weighted by atomic mass is 10.0. The van der Waals surface area contributed by atoms with Crippen molar-refractivity contribution in [2.45, 2.75) is 187 Å². The molecule has 10 heteroatoms. The standard InChI is InChI=1S/C42H75O9P/c1-4-5-32-39(43)33-28-24-20-16-12-9-10-13-17-21-25-29-34-41(44)49-36-40(37-50-52(46,47)48)51-42(45)35-30-26-22-18-14-8-6-7-11-15-19-23-27-31-38(2)3/h9-10,16-17,20-21,28,33,38-40,43H,4-8,11-15,18-19,22-27,29-32,34-37H2,1-3H3,(H2,46,47,48)/b10-9-,20-16-,21-17-,33-28-/t39-,40+/m0/s1. The number of phosphoric acid groups is 1. The largest absolute Gasteiger partial charge is 0.469 e. The summed E-state index contributed by atoms with van der Waals surface area (Å²) in [6.07, 6.45) is 38.9. The summed E-state index contributed by atoms with van der Waals surface area (Å²) >= 11 is 0. The lowest BCUT2D eigenvalue weighted by molar-refractivity contribution is -0.161. The highest BCUT2D eigenvalue weighted by Gasteiger charge is 2.22. The van der Waals surface area contributed by atoms with Crippen LogP contribution in [-0.4, -0.2) is 52.3 Å². The van der Waals surface area contributed by atoms with Crippen molar-refractivity contribution >= 4 is 19.8 Å². The summed E-state index contributed by atoms with van der Waals surface area (Å²) in [5.41, 5.74) is 0. The van der Waals surface area contributed by atoms with Gasteiger partial charge in [0.2, 0.25) is 0 Å². The van der Waals surface area contributed by atoms with Gasteiger partial charge in [-0.05, 0) is 50.9 Å². The fourth-order valence-electron chi connectivity index (χ4n) is 5.51. The van der Waals surface area contributed by atoms with Crippen molar-refractivity contribution in [3.05, 3.63) is 48.6 Å². The molecule has 0 aromatic rings. The number of ether oxygens (including phenoxy) is 2. The number of carbonyl (C=O) groups is 2. The van der Waals surface area contributed by atoms with E-state index in [1.54, 1.807) is 0 Å². The maximum absolute atomic E-state index is 12.4. The highest BCUT2D eigenvalue weighted by Crippen LogP contribution is 2.36. The Kier molecular flexibility index (Phi) is 34.6. The van der Waals surface area contributed by atoms with Crippen LogP contribution in [0, 0.1) is 5.92 Å². The minimum atomic E-state index is -4.77. The fraction of sp³-hybridized carbons (Fsp3) is 0.762. The van der Waals surface area contributed by atoms with E-state index in [1.165, 1.54) is 64.2 Å². The summed E-state index contributed by atoms with van der Waals surface area (Å²) in [7, 11) is -4.77. The van der Waals surface area contributed by atoms with Crippen molar-refractivity contribution in [3.63, 3.8) is 0 Å². The van der Waals surface area contributed by atoms with Gasteiger partial charge in [-0.1, -0.05) is 166 Å². The van der Waals surface area contributed by atoms with Gasteiger partial charge >= 0.3 is 19.8 Å². The molecule has 0 aliphatic rings. The number of phosphoric ester groups is 1. The number of carbonyl (C=O) groups excluding carboxylic acids is 2. The Labute approximate surface area is 317 Å². The van der Waals surface area contributed by atoms with Crippen molar-refractivity contribution in [1.82, 2.24) is 0 Å². The molecule has 0 rings (SSSR count). The second-order valence-corrected chi connectivity index (χ2v) is 15.5. The summed E-state index contributed by atoms with van der Waals surface area (Å²) < 4.78 is 26.3. The van der Waals surface area contributed by atoms with Gasteiger partial charge < -0.3 is 24.4 Å². The van der Waals surface area contributed by atoms with E-state index in [9.17, 15) is 19.3 Å². The van der Waals surface area contributed by atoms with Gasteiger partial charge in [-0.2, -0.15) is 0 Å². The van der Waals surface area contributed by atoms with Gasteiger partial charge in [0.1, 0.15) is 6.61 Å². The van der Waals surface area contributed by atoms with Crippen molar-refractivity contribution in [2.24, 2.45) is 5.92 Å². The molecule has 0 bridgehead atoms. The van der Waals surface area contributed by atoms with Crippen LogP contribution < -0.4 is 0 Å². The summed E-state index contributed by atoms with van der Waals surface area (Å²) in [5, 5.41) is 9.78. The van der Waals surface area contributed by atoms with Gasteiger partial charge in [0.25, 0.3) is 0 Å². The minimum absolute atomic E-state index is 0.174. The Morgan fingerprint density at radius 1 is 0.615 bits per heavy atom. The molecule has 0 aliphatic heterocycles. The predicted molar refractivity (Wildman–Crippen MR) is 213 cm³/mol. The average molecular weight is 755 g/mol. The molecule has 0 fully saturated rings. The molecule has 0 amide bonds. The number of aliphatic hydroxyl groups excluding tert-OH is 1. The quantitative estimate of drug-likeness (QED) is 0.0247. The summed E-state index contributed by atoms with van der Waals surface area (Å²) in [5.74, 6) is -0.155. The zero-order valence-corrected chi connectivity index (χ0v) is 33.9. The van der Waals surface area contributed by atoms with E-state index in [0.717, 1.165) is 63.7 Å². The van der Waals surface area contributed by atoms with Gasteiger partial charge in [0.05, 0.1) is 12.7 Å². The Hall–Kier alpha value is -2.03. The summed E-state index contributed by atoms with van der Waals surface area (Å²) in [6.45, 7) is 5.81. The number of hydrogen-bond acceptors (Lipinski definition) is 7. The van der Waals surface area contributed by atoms with Crippen LogP contribution >= 0.6 is 7.82 Å². The maximum Gasteiger partial charge on any atom is 0.469 e. The third kappa shape index (κ3) is 39.2. The lowest BCUT2D eigenvalue weighted by Crippen LogP contribution is -2.29. The third-order valence-corrected chi connectivity index (χ3v) is 9.08. The van der Waals surface area contributed by atoms with Crippen LogP contribution in [0.3, 0.4) is 0 Å². The SMILES string of the molecule is CCCC[C@H](O)/C=C\C/C=C\C/C=C\C/C=C\CCCC(=O)OC[C@H](COP(=O)(O)O)OC(=O)CCCCCCCCCCCCCCCC(C)C. The third-order valence-electron chi connectivity index (χ3n) is 8.60. The van der Waals surface area contributed by atoms with Gasteiger partial charge in [-0.3, -0.25) is 14.1 Å². The minimum Gasteiger partial charge on any atom is -0.462 e. The Balaban J connectivity index is 4.05. The topological polar surface area (TPSA) is 140 Å². The van der Waals surface area contributed by atoms with Crippen LogP contribution in [0.2, 0.25) is 0 Å². The number of esters is 2. The molecule has 0 radical (unpaired) electrons. The molecule has 0 spiro atoms. The smallest absolute Gasteiger partial charge is 0.462 e. The van der Waals surface area contributed by atoms with Gasteiger partial charge in [0, 0.05) is 12.8 Å². The first-order valence-corrected chi connectivity index (χ1v) is 21.9. The van der Waals surface area contributed by atoms with E-state index >= 15 is 0 Å². The van der Waals surface area contributed by atoms with E-state index < -0.39 is 32.5 Å². The van der Waals surface area contributed by atoms with Crippen LogP contribution in [0.25, 0.3) is 0 Å². The number of rotatable bonds is 36. The number of unbranched alkanes of at least 4 members (excludes halogenated alkanes) is 14. The molecule has 0 saturated heterocycles. The lowest BCUT2D eigenvalue weighted by Gasteiger charge is -2.18. The molecule has 0 heterocycles. The van der Waals surface area contributed by atoms with Crippen molar-refractivity contribution in [1.29, 1.82) is 0 Å². The second kappa shape index (κ2) is 36.0. The second-order valence-electron chi connectivity index (χ2n) is 14.3. The first-order chi connectivity index (χ1) is 25.0. The number of hydrogen-bond donors (Lipinski definition) is 3. The van der Waals surface area contributed by atoms with Crippen LogP contribution in [0.5, 0.6) is 0 Å². The molecule has 0 unspecified atom stereocenters. The Morgan fingerprint density at radius 3 is 1.65 bits per heavy atom. The number of aliphatic hydroxyl groups is 1. The number of allylic oxidation sites excluding steroid dienone is 7. The summed E-state index contributed by atoms with van der Waals surface area (Å²) in [4.78, 5) is 42.8. The monoisotopic (exact) mass is 755 g/mol. The highest BCUT2D eigenvalue weighted by molar-refractivity contribution is 7.46. The van der Waals surface area contributed by atoms with Crippen LogP contribution in [0.4, 0.5) is 0 Å². The van der Waals surface area contributed by atoms with Crippen LogP contribution in [0.15, 0.2) is 48.6 Å². The van der Waals surface area contributed by atoms with Crippen molar-refractivity contribution in [3.8, 4) is 0 Å². The molecular formula is C42H75O9P. The molecule has 52 heavy (non-hydrogen) atoms. The Morgan fingerprint density at radius 2 is 1.12 bits per heavy atom. The molecule has 3 N–H and O–H groups in total. The normalized spacial score (nSPS) is 13.7. The predicted octanol–water partition coefficient (Wildman–Crippen LogP) is 11.2. The zero-order valence-electron chi connectivity index (χ0n) is 33.0. The van der Waals surface area contributed by atoms with Gasteiger partial charge in [-0.25, -0.2) is 4.57 Å². The molecule has 0 aliphatic carbocycles. The van der Waals surface area contributed by atoms with Crippen molar-refractivity contribution in [2.75, 3.05) is 13.2 Å². The zero-order chi connectivity index (χ0) is 38.5. The van der Waals surface area contributed by atoms with E-state index in [2.05, 4.69) is 49.6 Å². The van der Waals surface area contributed by atoms with E-state index in [-0.39, 0.29) is 25.6 Å². The molecule has 2 atom stereocenters. The van der Waals surface area contributed by atoms with Crippen LogP contribution in [0.1, 0.15) is 175 Å². The highest BCUT2D eigenvalue weighted by atomic mass is 31.2. The van der Waals surface area contributed by atoms with Gasteiger partial charge in [-0.15, -0.1) is 0 Å². The fourth-order valence-corrected chi connectivity index (χ4v) is 5.87. The van der Waals surface area contributed by atoms with E-state index in [4.69, 9.17) is 19.3 Å². The average Bonchev–Trinajstić information content (AvgIpc) is 3.09. The first-order valence-electron chi connectivity index (χ1n) is 20.4. The van der Waals surface area contributed by atoms with E-state index in [1.807, 2.05) is 24.3 Å². The molecule has 0 aromatic heterocycles. The first kappa shape index (κ1) is 50.0. The molecule has 0 saturated carbocycles. The maximum atomic E-state index is 12.4. The van der Waals surface area contributed by atoms with Crippen molar-refractivity contribution < 1.29 is 43.0 Å². The molecular weight excluding hydrogens is 679 g/mol. The summed E-state index contributed by atoms with van der Waals surface area (Å²) in [6, 6.07) is 0. The molecule has 0 aromatic carbocycles. The Bertz CT molecular complexity index is 1010. The molecule has 9 nitrogen and oxygen atoms in total.